The first-order valence-corrected chi connectivity index (χ1v) is 12.7. The lowest BCUT2D eigenvalue weighted by Crippen LogP contribution is -2.39. The summed E-state index contributed by atoms with van der Waals surface area (Å²) in [5, 5.41) is 14.7. The first-order valence-electron chi connectivity index (χ1n) is 11.2. The Hall–Kier alpha value is -4.65. The molecule has 1 N–H and O–H groups in total. The predicted molar refractivity (Wildman–Crippen MR) is 141 cm³/mol. The predicted octanol–water partition coefficient (Wildman–Crippen LogP) is 3.36. The molecule has 0 saturated carbocycles. The Balaban J connectivity index is 1.89. The Morgan fingerprint density at radius 2 is 1.76 bits per heavy atom. The van der Waals surface area contributed by atoms with Gasteiger partial charge in [-0.3, -0.25) is 19.2 Å². The van der Waals surface area contributed by atoms with Gasteiger partial charge in [0.25, 0.3) is 21.6 Å². The van der Waals surface area contributed by atoms with E-state index in [1.165, 1.54) is 69.0 Å². The topological polar surface area (TPSA) is 150 Å². The van der Waals surface area contributed by atoms with Crippen LogP contribution in [0.5, 0.6) is 17.2 Å². The van der Waals surface area contributed by atoms with Crippen molar-refractivity contribution in [1.82, 2.24) is 5.43 Å². The van der Waals surface area contributed by atoms with Crippen LogP contribution in [0.4, 0.5) is 11.4 Å². The van der Waals surface area contributed by atoms with Gasteiger partial charge in [-0.15, -0.1) is 0 Å². The molecule has 0 fully saturated rings. The summed E-state index contributed by atoms with van der Waals surface area (Å²) in [6, 6.07) is 16.0. The van der Waals surface area contributed by atoms with Crippen molar-refractivity contribution in [2.24, 2.45) is 5.10 Å². The molecule has 0 saturated heterocycles. The Morgan fingerprint density at radius 1 is 1.05 bits per heavy atom. The molecule has 0 aliphatic carbocycles. The van der Waals surface area contributed by atoms with Crippen molar-refractivity contribution >= 4 is 33.5 Å². The molecule has 3 rings (SSSR count). The number of rotatable bonds is 12. The summed E-state index contributed by atoms with van der Waals surface area (Å²) >= 11 is 0. The second kappa shape index (κ2) is 12.5. The number of anilines is 1. The summed E-state index contributed by atoms with van der Waals surface area (Å²) < 4.78 is 44.1. The van der Waals surface area contributed by atoms with E-state index in [-0.39, 0.29) is 22.0 Å². The molecule has 0 aromatic heterocycles. The number of non-ortho nitro benzene ring substituents is 1. The van der Waals surface area contributed by atoms with Gasteiger partial charge < -0.3 is 14.2 Å². The third kappa shape index (κ3) is 6.76. The number of amides is 1. The van der Waals surface area contributed by atoms with Gasteiger partial charge in [0.1, 0.15) is 12.3 Å². The van der Waals surface area contributed by atoms with Crippen LogP contribution in [-0.4, -0.2) is 52.8 Å². The Morgan fingerprint density at radius 3 is 2.39 bits per heavy atom. The molecule has 1 amide bonds. The number of carbonyl (C=O) groups excluding carboxylic acids is 1. The van der Waals surface area contributed by atoms with Crippen LogP contribution in [-0.2, 0) is 14.8 Å². The number of hydrogen-bond acceptors (Lipinski definition) is 9. The molecule has 12 nitrogen and oxygen atoms in total. The third-order valence-corrected chi connectivity index (χ3v) is 6.92. The maximum absolute atomic E-state index is 13.7. The van der Waals surface area contributed by atoms with E-state index >= 15 is 0 Å². The van der Waals surface area contributed by atoms with Crippen molar-refractivity contribution in [2.75, 3.05) is 31.7 Å². The lowest BCUT2D eigenvalue weighted by Gasteiger charge is -2.24. The number of nitro groups is 1. The number of methoxy groups -OCH3 is 2. The molecule has 0 heterocycles. The number of benzene rings is 3. The Kier molecular flexibility index (Phi) is 9.22. The second-order valence-corrected chi connectivity index (χ2v) is 9.46. The molecule has 0 aliphatic heterocycles. The molecule has 3 aromatic carbocycles. The fourth-order valence-electron chi connectivity index (χ4n) is 3.36. The quantitative estimate of drug-likeness (QED) is 0.208. The summed E-state index contributed by atoms with van der Waals surface area (Å²) in [4.78, 5) is 23.0. The molecular weight excluding hydrogens is 516 g/mol. The van der Waals surface area contributed by atoms with Gasteiger partial charge in [-0.1, -0.05) is 12.1 Å². The zero-order chi connectivity index (χ0) is 27.7. The van der Waals surface area contributed by atoms with Gasteiger partial charge in [0.15, 0.2) is 11.5 Å². The molecule has 38 heavy (non-hydrogen) atoms. The molecule has 0 bridgehead atoms. The maximum atomic E-state index is 13.7. The lowest BCUT2D eigenvalue weighted by molar-refractivity contribution is -0.384. The number of carbonyl (C=O) groups is 1. The zero-order valence-corrected chi connectivity index (χ0v) is 21.7. The van der Waals surface area contributed by atoms with Gasteiger partial charge in [0.2, 0.25) is 0 Å². The van der Waals surface area contributed by atoms with Gasteiger partial charge in [-0.2, -0.15) is 5.10 Å². The average Bonchev–Trinajstić information content (AvgIpc) is 2.92. The summed E-state index contributed by atoms with van der Waals surface area (Å²) in [6.45, 7) is 1.63. The Labute approximate surface area is 219 Å². The van der Waals surface area contributed by atoms with Crippen LogP contribution in [0.25, 0.3) is 0 Å². The third-order valence-electron chi connectivity index (χ3n) is 5.15. The van der Waals surface area contributed by atoms with Crippen LogP contribution < -0.4 is 23.9 Å². The molecule has 200 valence electrons. The van der Waals surface area contributed by atoms with Gasteiger partial charge in [0.05, 0.1) is 42.5 Å². The van der Waals surface area contributed by atoms with Crippen LogP contribution in [0, 0.1) is 10.1 Å². The van der Waals surface area contributed by atoms with Crippen LogP contribution >= 0.6 is 0 Å². The Bertz CT molecular complexity index is 1430. The van der Waals surface area contributed by atoms with Crippen molar-refractivity contribution in [2.45, 2.75) is 11.8 Å². The summed E-state index contributed by atoms with van der Waals surface area (Å²) in [6.07, 6.45) is 1.22. The van der Waals surface area contributed by atoms with E-state index in [1.54, 1.807) is 18.2 Å². The van der Waals surface area contributed by atoms with Crippen LogP contribution in [0.2, 0.25) is 0 Å². The summed E-state index contributed by atoms with van der Waals surface area (Å²) in [7, 11) is -1.45. The average molecular weight is 543 g/mol. The van der Waals surface area contributed by atoms with E-state index in [4.69, 9.17) is 14.2 Å². The van der Waals surface area contributed by atoms with E-state index in [9.17, 15) is 23.3 Å². The smallest absolute Gasteiger partial charge is 0.270 e. The van der Waals surface area contributed by atoms with Crippen molar-refractivity contribution in [3.05, 3.63) is 82.4 Å². The highest BCUT2D eigenvalue weighted by atomic mass is 32.2. The summed E-state index contributed by atoms with van der Waals surface area (Å²) in [5.41, 5.74) is 2.71. The number of hydrogen-bond donors (Lipinski definition) is 1. The molecule has 0 aliphatic rings. The van der Waals surface area contributed by atoms with Crippen LogP contribution in [0.15, 0.2) is 76.7 Å². The fraction of sp³-hybridized carbons (Fsp3) is 0.200. The van der Waals surface area contributed by atoms with Crippen molar-refractivity contribution in [3.8, 4) is 17.2 Å². The van der Waals surface area contributed by atoms with Crippen molar-refractivity contribution < 1.29 is 32.3 Å². The number of sulfonamides is 1. The highest BCUT2D eigenvalue weighted by molar-refractivity contribution is 7.92. The van der Waals surface area contributed by atoms with Gasteiger partial charge in [-0.25, -0.2) is 13.8 Å². The van der Waals surface area contributed by atoms with Gasteiger partial charge in [-0.05, 0) is 43.3 Å². The lowest BCUT2D eigenvalue weighted by atomic mass is 10.2. The minimum Gasteiger partial charge on any atom is -0.494 e. The van der Waals surface area contributed by atoms with Crippen molar-refractivity contribution in [1.29, 1.82) is 0 Å². The largest absolute Gasteiger partial charge is 0.494 e. The molecule has 0 unspecified atom stereocenters. The minimum absolute atomic E-state index is 0.128. The van der Waals surface area contributed by atoms with E-state index in [1.807, 2.05) is 6.92 Å². The van der Waals surface area contributed by atoms with Crippen molar-refractivity contribution in [3.63, 3.8) is 0 Å². The van der Waals surface area contributed by atoms with Crippen LogP contribution in [0.3, 0.4) is 0 Å². The molecule has 0 spiro atoms. The SMILES string of the molecule is CCOc1ccc(N(CC(=O)N/N=C\c2cccc([N+](=O)[O-])c2)S(=O)(=O)c2ccc(OC)c(OC)c2)cc1. The molecule has 0 radical (unpaired) electrons. The first-order chi connectivity index (χ1) is 18.2. The number of hydrazone groups is 1. The monoisotopic (exact) mass is 542 g/mol. The number of nitrogens with one attached hydrogen (secondary N) is 1. The molecular formula is C25H26N4O8S. The van der Waals surface area contributed by atoms with E-state index in [0.717, 1.165) is 4.31 Å². The standard InChI is InChI=1S/C25H26N4O8S/c1-4-37-21-10-8-19(9-11-21)28(38(33,34)22-12-13-23(35-2)24(15-22)36-3)17-25(30)27-26-16-18-6-5-7-20(14-18)29(31)32/h5-16H,4,17H2,1-3H3,(H,27,30)/b26-16-. The number of ether oxygens (including phenoxy) is 3. The van der Waals surface area contributed by atoms with Crippen LogP contribution in [0.1, 0.15) is 12.5 Å². The zero-order valence-electron chi connectivity index (χ0n) is 20.9. The maximum Gasteiger partial charge on any atom is 0.270 e. The summed E-state index contributed by atoms with van der Waals surface area (Å²) in [5.74, 6) is 0.328. The number of nitrogens with zero attached hydrogens (tertiary/aromatic N) is 3. The molecule has 13 heteroatoms. The first kappa shape index (κ1) is 27.9. The fourth-order valence-corrected chi connectivity index (χ4v) is 4.79. The van der Waals surface area contributed by atoms with E-state index in [0.29, 0.717) is 23.7 Å². The number of nitro benzene ring substituents is 1. The molecule has 3 aromatic rings. The van der Waals surface area contributed by atoms with Gasteiger partial charge in [0, 0.05) is 23.8 Å². The minimum atomic E-state index is -4.25. The highest BCUT2D eigenvalue weighted by Crippen LogP contribution is 2.32. The molecule has 0 atom stereocenters. The van der Waals surface area contributed by atoms with E-state index in [2.05, 4.69) is 10.5 Å². The van der Waals surface area contributed by atoms with E-state index < -0.39 is 27.4 Å². The second-order valence-electron chi connectivity index (χ2n) is 7.60. The highest BCUT2D eigenvalue weighted by Gasteiger charge is 2.28. The normalized spacial score (nSPS) is 11.1. The van der Waals surface area contributed by atoms with Gasteiger partial charge >= 0.3 is 0 Å².